The summed E-state index contributed by atoms with van der Waals surface area (Å²) in [5, 5.41) is 0.972. The van der Waals surface area contributed by atoms with Crippen molar-refractivity contribution in [1.82, 2.24) is 5.43 Å². The lowest BCUT2D eigenvalue weighted by Crippen LogP contribution is -2.36. The maximum absolute atomic E-state index is 12.9. The van der Waals surface area contributed by atoms with Crippen LogP contribution in [-0.4, -0.2) is 25.5 Å². The number of methoxy groups -OCH3 is 1. The Hall–Kier alpha value is -3.42. The van der Waals surface area contributed by atoms with Crippen LogP contribution in [0.5, 0.6) is 11.5 Å². The summed E-state index contributed by atoms with van der Waals surface area (Å²) in [6.45, 7) is 2.49. The average molecular weight is 528 g/mol. The highest BCUT2D eigenvalue weighted by molar-refractivity contribution is 6.35. The van der Waals surface area contributed by atoms with Gasteiger partial charge in [-0.05, 0) is 48.4 Å². The molecule has 2 N–H and O–H groups in total. The van der Waals surface area contributed by atoms with E-state index in [0.717, 1.165) is 12.1 Å². The van der Waals surface area contributed by atoms with Gasteiger partial charge in [-0.2, -0.15) is 0 Å². The van der Waals surface area contributed by atoms with E-state index < -0.39 is 5.92 Å². The van der Waals surface area contributed by atoms with Crippen LogP contribution in [0.15, 0.2) is 60.7 Å². The third-order valence-corrected chi connectivity index (χ3v) is 6.80. The normalized spacial score (nSPS) is 15.1. The SMILES string of the molecule is CCc1ccc(N2C[C@@H](C(=O)NNc3cccc(OC)c3OCc3c(Cl)cccc3Cl)CC2=O)cc1. The molecule has 0 unspecified atom stereocenters. The van der Waals surface area contributed by atoms with E-state index in [1.807, 2.05) is 24.3 Å². The first-order valence-electron chi connectivity index (χ1n) is 11.6. The first-order chi connectivity index (χ1) is 17.4. The van der Waals surface area contributed by atoms with Crippen LogP contribution in [0.1, 0.15) is 24.5 Å². The molecule has 2 amide bonds. The van der Waals surface area contributed by atoms with E-state index in [2.05, 4.69) is 17.8 Å². The zero-order chi connectivity index (χ0) is 25.7. The van der Waals surface area contributed by atoms with Gasteiger partial charge in [0.05, 0.1) is 18.7 Å². The van der Waals surface area contributed by atoms with Crippen LogP contribution in [0, 0.1) is 5.92 Å². The lowest BCUT2D eigenvalue weighted by atomic mass is 10.1. The molecule has 1 heterocycles. The molecule has 0 radical (unpaired) electrons. The summed E-state index contributed by atoms with van der Waals surface area (Å²) in [5.74, 6) is -0.0141. The molecule has 36 heavy (non-hydrogen) atoms. The van der Waals surface area contributed by atoms with Crippen LogP contribution < -0.4 is 25.2 Å². The molecule has 1 atom stereocenters. The Kier molecular flexibility index (Phi) is 8.23. The van der Waals surface area contributed by atoms with Crippen molar-refractivity contribution in [3.8, 4) is 11.5 Å². The van der Waals surface area contributed by atoms with Crippen LogP contribution in [0.3, 0.4) is 0 Å². The molecule has 188 valence electrons. The number of nitrogens with one attached hydrogen (secondary N) is 2. The zero-order valence-electron chi connectivity index (χ0n) is 20.0. The molecule has 1 aliphatic heterocycles. The Labute approximate surface area is 220 Å². The predicted octanol–water partition coefficient (Wildman–Crippen LogP) is 5.64. The van der Waals surface area contributed by atoms with E-state index in [9.17, 15) is 9.59 Å². The average Bonchev–Trinajstić information content (AvgIpc) is 3.28. The quantitative estimate of drug-likeness (QED) is 0.352. The number of benzene rings is 3. The molecule has 1 fully saturated rings. The monoisotopic (exact) mass is 527 g/mol. The molecule has 9 heteroatoms. The van der Waals surface area contributed by atoms with E-state index in [-0.39, 0.29) is 24.8 Å². The Balaban J connectivity index is 1.42. The summed E-state index contributed by atoms with van der Waals surface area (Å²) in [6, 6.07) is 18.3. The smallest absolute Gasteiger partial charge is 0.243 e. The van der Waals surface area contributed by atoms with Crippen molar-refractivity contribution in [2.24, 2.45) is 5.92 Å². The number of carbonyl (C=O) groups excluding carboxylic acids is 2. The predicted molar refractivity (Wildman–Crippen MR) is 142 cm³/mol. The van der Waals surface area contributed by atoms with Crippen LogP contribution in [0.2, 0.25) is 10.0 Å². The standard InChI is InChI=1S/C27H27Cl2N3O4/c1-3-17-10-12-19(13-11-17)32-15-18(14-25(32)33)27(34)31-30-23-8-5-9-24(35-2)26(23)36-16-20-21(28)6-4-7-22(20)29/h4-13,18,30H,3,14-16H2,1-2H3,(H,31,34)/t18-/m0/s1. The molecular formula is C27H27Cl2N3O4. The van der Waals surface area contributed by atoms with Crippen molar-refractivity contribution < 1.29 is 19.1 Å². The lowest BCUT2D eigenvalue weighted by molar-refractivity contribution is -0.125. The van der Waals surface area contributed by atoms with Crippen LogP contribution in [-0.2, 0) is 22.6 Å². The Morgan fingerprint density at radius 3 is 2.42 bits per heavy atom. The van der Waals surface area contributed by atoms with Gasteiger partial charge in [0.25, 0.3) is 0 Å². The lowest BCUT2D eigenvalue weighted by Gasteiger charge is -2.19. The van der Waals surface area contributed by atoms with E-state index in [4.69, 9.17) is 32.7 Å². The summed E-state index contributed by atoms with van der Waals surface area (Å²) in [5.41, 5.74) is 8.73. The summed E-state index contributed by atoms with van der Waals surface area (Å²) >= 11 is 12.5. The fourth-order valence-corrected chi connectivity index (χ4v) is 4.52. The number of nitrogens with zero attached hydrogens (tertiary/aromatic N) is 1. The second kappa shape index (κ2) is 11.5. The van der Waals surface area contributed by atoms with Gasteiger partial charge in [-0.15, -0.1) is 0 Å². The van der Waals surface area contributed by atoms with Crippen molar-refractivity contribution in [3.05, 3.63) is 81.8 Å². The molecule has 0 aromatic heterocycles. The number of amides is 2. The van der Waals surface area contributed by atoms with Gasteiger partial charge in [-0.1, -0.05) is 54.4 Å². The molecule has 0 spiro atoms. The molecule has 7 nitrogen and oxygen atoms in total. The molecule has 0 aliphatic carbocycles. The number of aryl methyl sites for hydroxylation is 1. The number of halogens is 2. The van der Waals surface area contributed by atoms with Gasteiger partial charge in [0, 0.05) is 34.3 Å². The number of carbonyl (C=O) groups is 2. The highest BCUT2D eigenvalue weighted by Crippen LogP contribution is 2.37. The largest absolute Gasteiger partial charge is 0.493 e. The number of rotatable bonds is 9. The number of para-hydroxylation sites is 1. The first kappa shape index (κ1) is 25.7. The first-order valence-corrected chi connectivity index (χ1v) is 12.3. The molecule has 0 saturated carbocycles. The van der Waals surface area contributed by atoms with Crippen LogP contribution in [0.4, 0.5) is 11.4 Å². The summed E-state index contributed by atoms with van der Waals surface area (Å²) in [4.78, 5) is 27.2. The number of anilines is 2. The second-order valence-corrected chi connectivity index (χ2v) is 9.18. The molecule has 1 saturated heterocycles. The number of hydrogen-bond donors (Lipinski definition) is 2. The molecule has 1 aliphatic rings. The van der Waals surface area contributed by atoms with Crippen LogP contribution in [0.25, 0.3) is 0 Å². The van der Waals surface area contributed by atoms with E-state index in [1.165, 1.54) is 12.7 Å². The molecule has 3 aromatic rings. The van der Waals surface area contributed by atoms with E-state index in [0.29, 0.717) is 39.3 Å². The Morgan fingerprint density at radius 1 is 1.06 bits per heavy atom. The van der Waals surface area contributed by atoms with Gasteiger partial charge in [0.2, 0.25) is 11.8 Å². The third-order valence-electron chi connectivity index (χ3n) is 6.09. The fourth-order valence-electron chi connectivity index (χ4n) is 4.01. The number of hydrazine groups is 1. The third kappa shape index (κ3) is 5.69. The Morgan fingerprint density at radius 2 is 1.75 bits per heavy atom. The van der Waals surface area contributed by atoms with Crippen molar-refractivity contribution in [3.63, 3.8) is 0 Å². The van der Waals surface area contributed by atoms with E-state index >= 15 is 0 Å². The van der Waals surface area contributed by atoms with Gasteiger partial charge < -0.3 is 14.4 Å². The van der Waals surface area contributed by atoms with Gasteiger partial charge in [0.15, 0.2) is 11.5 Å². The molecular weight excluding hydrogens is 501 g/mol. The summed E-state index contributed by atoms with van der Waals surface area (Å²) in [6.07, 6.45) is 1.06. The zero-order valence-corrected chi connectivity index (χ0v) is 21.5. The van der Waals surface area contributed by atoms with Crippen LogP contribution >= 0.6 is 23.2 Å². The minimum absolute atomic E-state index is 0.0820. The van der Waals surface area contributed by atoms with Gasteiger partial charge >= 0.3 is 0 Å². The molecule has 0 bridgehead atoms. The maximum Gasteiger partial charge on any atom is 0.243 e. The van der Waals surface area contributed by atoms with Gasteiger partial charge in [-0.3, -0.25) is 20.4 Å². The Bertz CT molecular complexity index is 1230. The van der Waals surface area contributed by atoms with Crippen molar-refractivity contribution in [2.75, 3.05) is 24.0 Å². The van der Waals surface area contributed by atoms with Crippen molar-refractivity contribution in [1.29, 1.82) is 0 Å². The van der Waals surface area contributed by atoms with Gasteiger partial charge in [-0.25, -0.2) is 0 Å². The molecule has 4 rings (SSSR count). The summed E-state index contributed by atoms with van der Waals surface area (Å²) < 4.78 is 11.4. The second-order valence-electron chi connectivity index (χ2n) is 8.37. The van der Waals surface area contributed by atoms with Crippen molar-refractivity contribution in [2.45, 2.75) is 26.4 Å². The number of ether oxygens (including phenoxy) is 2. The summed E-state index contributed by atoms with van der Waals surface area (Å²) in [7, 11) is 1.53. The number of hydrogen-bond acceptors (Lipinski definition) is 5. The maximum atomic E-state index is 12.9. The van der Waals surface area contributed by atoms with Gasteiger partial charge in [0.1, 0.15) is 6.61 Å². The van der Waals surface area contributed by atoms with Crippen molar-refractivity contribution >= 4 is 46.4 Å². The van der Waals surface area contributed by atoms with E-state index in [1.54, 1.807) is 41.3 Å². The topological polar surface area (TPSA) is 79.9 Å². The minimum atomic E-state index is -0.493. The minimum Gasteiger partial charge on any atom is -0.493 e. The fraction of sp³-hybridized carbons (Fsp3) is 0.259. The molecule has 3 aromatic carbocycles. The highest BCUT2D eigenvalue weighted by atomic mass is 35.5. The highest BCUT2D eigenvalue weighted by Gasteiger charge is 2.35.